The minimum atomic E-state index is -0.426. The molecule has 34 heavy (non-hydrogen) atoms. The number of halogens is 1. The van der Waals surface area contributed by atoms with Gasteiger partial charge in [-0.3, -0.25) is 9.59 Å². The Morgan fingerprint density at radius 2 is 1.88 bits per heavy atom. The highest BCUT2D eigenvalue weighted by Gasteiger charge is 2.24. The third-order valence-electron chi connectivity index (χ3n) is 6.12. The Labute approximate surface area is 196 Å². The third-order valence-corrected chi connectivity index (χ3v) is 6.12. The molecule has 1 aromatic heterocycles. The minimum absolute atomic E-state index is 0.203. The van der Waals surface area contributed by atoms with Gasteiger partial charge in [0.2, 0.25) is 0 Å². The number of benzene rings is 2. The second-order valence-corrected chi connectivity index (χ2v) is 8.62. The van der Waals surface area contributed by atoms with Gasteiger partial charge in [-0.25, -0.2) is 4.39 Å². The average Bonchev–Trinajstić information content (AvgIpc) is 2.85. The van der Waals surface area contributed by atoms with Crippen molar-refractivity contribution in [2.45, 2.75) is 6.54 Å². The second kappa shape index (κ2) is 8.98. The Morgan fingerprint density at radius 3 is 2.65 bits per heavy atom. The Hall–Kier alpha value is -3.59. The molecule has 3 heterocycles. The first-order chi connectivity index (χ1) is 16.4. The molecule has 0 saturated carbocycles. The summed E-state index contributed by atoms with van der Waals surface area (Å²) in [6.07, 6.45) is 0. The predicted octanol–water partition coefficient (Wildman–Crippen LogP) is 2.87. The van der Waals surface area contributed by atoms with Gasteiger partial charge in [0.25, 0.3) is 5.91 Å². The van der Waals surface area contributed by atoms with Crippen LogP contribution in [0.25, 0.3) is 11.0 Å². The van der Waals surface area contributed by atoms with Gasteiger partial charge in [0, 0.05) is 50.9 Å². The standard InChI is InChI=1S/C25H26FN3O5/c1-27(2)25(31)16-12-17(15-29-8-11-33-24-19(26)4-3-5-20(24)29)23-18(13-16)21(30)14-22(34-23)28-6-9-32-10-7-28/h3-5,12-14H,6-11,15H2,1-2H3. The van der Waals surface area contributed by atoms with Crippen molar-refractivity contribution in [2.75, 3.05) is 63.4 Å². The lowest BCUT2D eigenvalue weighted by Gasteiger charge is -2.32. The summed E-state index contributed by atoms with van der Waals surface area (Å²) in [7, 11) is 3.33. The van der Waals surface area contributed by atoms with E-state index in [9.17, 15) is 14.0 Å². The number of nitrogens with zero attached hydrogens (tertiary/aromatic N) is 3. The Morgan fingerprint density at radius 1 is 1.09 bits per heavy atom. The van der Waals surface area contributed by atoms with E-state index in [2.05, 4.69) is 0 Å². The summed E-state index contributed by atoms with van der Waals surface area (Å²) in [4.78, 5) is 31.4. The molecule has 0 aliphatic carbocycles. The molecule has 0 radical (unpaired) electrons. The zero-order valence-electron chi connectivity index (χ0n) is 19.2. The minimum Gasteiger partial charge on any atom is -0.486 e. The molecule has 0 spiro atoms. The number of ether oxygens (including phenoxy) is 2. The van der Waals surface area contributed by atoms with Crippen LogP contribution in [0.15, 0.2) is 45.6 Å². The molecule has 2 aromatic carbocycles. The maximum Gasteiger partial charge on any atom is 0.253 e. The SMILES string of the molecule is CN(C)C(=O)c1cc(CN2CCOc3c(F)cccc32)c2oc(N3CCOCC3)cc(=O)c2c1. The Bertz CT molecular complexity index is 1300. The van der Waals surface area contributed by atoms with Gasteiger partial charge in [-0.15, -0.1) is 0 Å². The van der Waals surface area contributed by atoms with E-state index < -0.39 is 5.82 Å². The summed E-state index contributed by atoms with van der Waals surface area (Å²) in [6, 6.07) is 9.61. The van der Waals surface area contributed by atoms with Crippen molar-refractivity contribution < 1.29 is 23.1 Å². The van der Waals surface area contributed by atoms with Gasteiger partial charge < -0.3 is 28.6 Å². The van der Waals surface area contributed by atoms with Crippen LogP contribution in [0.4, 0.5) is 16.0 Å². The summed E-state index contributed by atoms with van der Waals surface area (Å²) in [6.45, 7) is 3.53. The largest absolute Gasteiger partial charge is 0.486 e. The Balaban J connectivity index is 1.64. The molecule has 3 aromatic rings. The predicted molar refractivity (Wildman–Crippen MR) is 126 cm³/mol. The average molecular weight is 467 g/mol. The van der Waals surface area contributed by atoms with E-state index >= 15 is 0 Å². The topological polar surface area (TPSA) is 75.5 Å². The van der Waals surface area contributed by atoms with Crippen LogP contribution in [-0.2, 0) is 11.3 Å². The van der Waals surface area contributed by atoms with Crippen molar-refractivity contribution >= 4 is 28.4 Å². The highest BCUT2D eigenvalue weighted by Crippen LogP contribution is 2.36. The summed E-state index contributed by atoms with van der Waals surface area (Å²) >= 11 is 0. The van der Waals surface area contributed by atoms with E-state index in [0.717, 1.165) is 0 Å². The molecule has 8 nitrogen and oxygen atoms in total. The molecule has 0 N–H and O–H groups in total. The zero-order valence-corrected chi connectivity index (χ0v) is 19.2. The number of carbonyl (C=O) groups is 1. The lowest BCUT2D eigenvalue weighted by atomic mass is 10.0. The van der Waals surface area contributed by atoms with E-state index in [-0.39, 0.29) is 17.1 Å². The highest BCUT2D eigenvalue weighted by atomic mass is 19.1. The third kappa shape index (κ3) is 4.07. The highest BCUT2D eigenvalue weighted by molar-refractivity contribution is 5.98. The number of amides is 1. The van der Waals surface area contributed by atoms with Gasteiger partial charge >= 0.3 is 0 Å². The summed E-state index contributed by atoms with van der Waals surface area (Å²) in [5.74, 6) is 0.0363. The zero-order chi connectivity index (χ0) is 23.8. The number of hydrogen-bond acceptors (Lipinski definition) is 7. The van der Waals surface area contributed by atoms with E-state index in [1.165, 1.54) is 17.0 Å². The van der Waals surface area contributed by atoms with E-state index in [4.69, 9.17) is 13.9 Å². The van der Waals surface area contributed by atoms with Crippen molar-refractivity contribution in [3.63, 3.8) is 0 Å². The second-order valence-electron chi connectivity index (χ2n) is 8.62. The number of para-hydroxylation sites is 1. The van der Waals surface area contributed by atoms with Crippen molar-refractivity contribution in [3.05, 3.63) is 63.6 Å². The monoisotopic (exact) mass is 467 g/mol. The molecule has 5 rings (SSSR count). The van der Waals surface area contributed by atoms with Crippen LogP contribution in [0.1, 0.15) is 15.9 Å². The molecule has 1 amide bonds. The van der Waals surface area contributed by atoms with Gasteiger partial charge in [0.05, 0.1) is 30.8 Å². The van der Waals surface area contributed by atoms with E-state index in [1.807, 2.05) is 9.80 Å². The molecular weight excluding hydrogens is 441 g/mol. The summed E-state index contributed by atoms with van der Waals surface area (Å²) in [5, 5.41) is 0.340. The molecule has 9 heteroatoms. The first kappa shape index (κ1) is 22.2. The van der Waals surface area contributed by atoms with Crippen LogP contribution in [0.5, 0.6) is 5.75 Å². The van der Waals surface area contributed by atoms with Crippen LogP contribution in [0, 0.1) is 5.82 Å². The summed E-state index contributed by atoms with van der Waals surface area (Å²) in [5.41, 5.74) is 1.90. The molecule has 0 atom stereocenters. The maximum atomic E-state index is 14.3. The van der Waals surface area contributed by atoms with Crippen LogP contribution in [0.2, 0.25) is 0 Å². The van der Waals surface area contributed by atoms with Gasteiger partial charge in [-0.1, -0.05) is 6.07 Å². The molecule has 1 fully saturated rings. The fourth-order valence-corrected chi connectivity index (χ4v) is 4.39. The van der Waals surface area contributed by atoms with Crippen molar-refractivity contribution in [3.8, 4) is 5.75 Å². The normalized spacial score (nSPS) is 15.7. The first-order valence-electron chi connectivity index (χ1n) is 11.2. The van der Waals surface area contributed by atoms with Crippen LogP contribution in [0.3, 0.4) is 0 Å². The van der Waals surface area contributed by atoms with Crippen LogP contribution < -0.4 is 20.0 Å². The van der Waals surface area contributed by atoms with E-state index in [1.54, 1.807) is 38.4 Å². The van der Waals surface area contributed by atoms with Gasteiger partial charge in [0.1, 0.15) is 12.2 Å². The smallest absolute Gasteiger partial charge is 0.253 e. The lowest BCUT2D eigenvalue weighted by molar-refractivity contribution is 0.0827. The van der Waals surface area contributed by atoms with Gasteiger partial charge in [-0.05, 0) is 24.3 Å². The maximum absolute atomic E-state index is 14.3. The van der Waals surface area contributed by atoms with Gasteiger partial charge in [0.15, 0.2) is 22.9 Å². The molecule has 2 aliphatic rings. The number of rotatable bonds is 4. The fourth-order valence-electron chi connectivity index (χ4n) is 4.39. The molecule has 0 bridgehead atoms. The number of anilines is 2. The van der Waals surface area contributed by atoms with Crippen LogP contribution >= 0.6 is 0 Å². The fraction of sp³-hybridized carbons (Fsp3) is 0.360. The number of carbonyl (C=O) groups excluding carboxylic acids is 1. The lowest BCUT2D eigenvalue weighted by Crippen LogP contribution is -2.36. The van der Waals surface area contributed by atoms with Crippen molar-refractivity contribution in [1.29, 1.82) is 0 Å². The number of hydrogen-bond donors (Lipinski definition) is 0. The summed E-state index contributed by atoms with van der Waals surface area (Å²) < 4.78 is 31.6. The van der Waals surface area contributed by atoms with Crippen molar-refractivity contribution in [1.82, 2.24) is 4.90 Å². The molecular formula is C25H26FN3O5. The quantitative estimate of drug-likeness (QED) is 0.584. The molecule has 1 saturated heterocycles. The molecule has 0 unspecified atom stereocenters. The number of fused-ring (bicyclic) bond motifs is 2. The van der Waals surface area contributed by atoms with Crippen LogP contribution in [-0.4, -0.2) is 64.4 Å². The molecule has 2 aliphatic heterocycles. The molecule has 178 valence electrons. The van der Waals surface area contributed by atoms with Crippen molar-refractivity contribution in [2.24, 2.45) is 0 Å². The Kier molecular flexibility index (Phi) is 5.87. The van der Waals surface area contributed by atoms with E-state index in [0.29, 0.717) is 79.7 Å². The first-order valence-corrected chi connectivity index (χ1v) is 11.2. The van der Waals surface area contributed by atoms with Gasteiger partial charge in [-0.2, -0.15) is 0 Å². The number of morpholine rings is 1.